The number of hydrogen-bond donors (Lipinski definition) is 1. The second-order valence-corrected chi connectivity index (χ2v) is 2.57. The minimum atomic E-state index is -1.29. The molecule has 1 rings (SSSR count). The van der Waals surface area contributed by atoms with Crippen LogP contribution in [-0.2, 0) is 4.74 Å². The maximum Gasteiger partial charge on any atom is 0.355 e. The number of pyridine rings is 1. The highest BCUT2D eigenvalue weighted by molar-refractivity contribution is 6.01. The van der Waals surface area contributed by atoms with Crippen LogP contribution in [0, 0.1) is 0 Å². The van der Waals surface area contributed by atoms with Crippen molar-refractivity contribution in [1.82, 2.24) is 4.98 Å². The Balaban J connectivity index is 3.28. The summed E-state index contributed by atoms with van der Waals surface area (Å²) < 4.78 is 9.25. The van der Waals surface area contributed by atoms with Crippen molar-refractivity contribution in [3.05, 3.63) is 23.5 Å². The molecule has 0 saturated carbocycles. The third-order valence-electron chi connectivity index (χ3n) is 1.71. The average molecular weight is 211 g/mol. The van der Waals surface area contributed by atoms with Gasteiger partial charge in [-0.15, -0.1) is 0 Å². The van der Waals surface area contributed by atoms with Crippen LogP contribution in [0.2, 0.25) is 0 Å². The number of methoxy groups -OCH3 is 2. The van der Waals surface area contributed by atoms with Gasteiger partial charge in [-0.1, -0.05) is 0 Å². The number of carbonyl (C=O) groups excluding carboxylic acids is 1. The number of rotatable bonds is 3. The second kappa shape index (κ2) is 4.41. The summed E-state index contributed by atoms with van der Waals surface area (Å²) in [4.78, 5) is 25.5. The van der Waals surface area contributed by atoms with Crippen LogP contribution in [0.4, 0.5) is 0 Å². The summed E-state index contributed by atoms with van der Waals surface area (Å²) in [6.07, 6.45) is 1.22. The van der Waals surface area contributed by atoms with E-state index in [1.54, 1.807) is 0 Å². The van der Waals surface area contributed by atoms with Crippen LogP contribution in [0.5, 0.6) is 5.75 Å². The molecule has 0 fully saturated rings. The number of carboxylic acid groups (broad SMARTS) is 1. The van der Waals surface area contributed by atoms with Gasteiger partial charge in [-0.3, -0.25) is 0 Å². The van der Waals surface area contributed by atoms with Gasteiger partial charge in [0.05, 0.1) is 26.0 Å². The molecule has 0 spiro atoms. The molecular formula is C9H9NO5. The number of ether oxygens (including phenoxy) is 2. The zero-order valence-electron chi connectivity index (χ0n) is 8.18. The molecule has 0 atom stereocenters. The van der Waals surface area contributed by atoms with Crippen molar-refractivity contribution in [1.29, 1.82) is 0 Å². The summed E-state index contributed by atoms with van der Waals surface area (Å²) in [6, 6.07) is 1.27. The SMILES string of the molecule is COC(=O)c1cc(OC)cnc1C(=O)O. The van der Waals surface area contributed by atoms with E-state index in [-0.39, 0.29) is 11.3 Å². The van der Waals surface area contributed by atoms with E-state index in [1.165, 1.54) is 19.4 Å². The van der Waals surface area contributed by atoms with Crippen LogP contribution in [0.1, 0.15) is 20.8 Å². The molecule has 0 radical (unpaired) electrons. The van der Waals surface area contributed by atoms with Crippen molar-refractivity contribution < 1.29 is 24.2 Å². The monoisotopic (exact) mass is 211 g/mol. The Morgan fingerprint density at radius 3 is 2.53 bits per heavy atom. The van der Waals surface area contributed by atoms with E-state index in [9.17, 15) is 9.59 Å². The number of aromatic nitrogens is 1. The lowest BCUT2D eigenvalue weighted by Crippen LogP contribution is -2.12. The van der Waals surface area contributed by atoms with E-state index in [1.807, 2.05) is 0 Å². The van der Waals surface area contributed by atoms with Crippen molar-refractivity contribution in [3.63, 3.8) is 0 Å². The third-order valence-corrected chi connectivity index (χ3v) is 1.71. The van der Waals surface area contributed by atoms with Crippen molar-refractivity contribution >= 4 is 11.9 Å². The molecule has 1 aromatic heterocycles. The van der Waals surface area contributed by atoms with Gasteiger partial charge in [0, 0.05) is 0 Å². The maximum absolute atomic E-state index is 11.2. The maximum atomic E-state index is 11.2. The van der Waals surface area contributed by atoms with Crippen LogP contribution >= 0.6 is 0 Å². The van der Waals surface area contributed by atoms with Gasteiger partial charge in [0.1, 0.15) is 5.75 Å². The van der Waals surface area contributed by atoms with Crippen LogP contribution < -0.4 is 4.74 Å². The van der Waals surface area contributed by atoms with Gasteiger partial charge in [-0.2, -0.15) is 0 Å². The number of hydrogen-bond acceptors (Lipinski definition) is 5. The summed E-state index contributed by atoms with van der Waals surface area (Å²) in [5, 5.41) is 8.76. The first-order valence-corrected chi connectivity index (χ1v) is 3.95. The second-order valence-electron chi connectivity index (χ2n) is 2.57. The zero-order chi connectivity index (χ0) is 11.4. The molecule has 0 bridgehead atoms. The number of esters is 1. The summed E-state index contributed by atoms with van der Waals surface area (Å²) in [5.74, 6) is -1.77. The Kier molecular flexibility index (Phi) is 3.22. The molecule has 1 heterocycles. The smallest absolute Gasteiger partial charge is 0.355 e. The molecule has 0 unspecified atom stereocenters. The fourth-order valence-electron chi connectivity index (χ4n) is 0.993. The van der Waals surface area contributed by atoms with Crippen LogP contribution in [0.15, 0.2) is 12.3 Å². The zero-order valence-corrected chi connectivity index (χ0v) is 8.18. The minimum Gasteiger partial charge on any atom is -0.495 e. The molecule has 1 aromatic rings. The summed E-state index contributed by atoms with van der Waals surface area (Å²) in [5.41, 5.74) is -0.494. The molecule has 1 N–H and O–H groups in total. The molecule has 0 saturated heterocycles. The summed E-state index contributed by atoms with van der Waals surface area (Å²) >= 11 is 0. The van der Waals surface area contributed by atoms with Gasteiger partial charge in [0.2, 0.25) is 0 Å². The Labute approximate surface area is 85.5 Å². The van der Waals surface area contributed by atoms with Crippen molar-refractivity contribution in [2.24, 2.45) is 0 Å². The number of nitrogens with zero attached hydrogens (tertiary/aromatic N) is 1. The molecule has 0 amide bonds. The molecule has 0 aliphatic carbocycles. The number of carbonyl (C=O) groups is 2. The highest BCUT2D eigenvalue weighted by Gasteiger charge is 2.19. The molecule has 0 aliphatic heterocycles. The van der Waals surface area contributed by atoms with Crippen molar-refractivity contribution in [2.45, 2.75) is 0 Å². The first-order chi connectivity index (χ1) is 7.10. The number of carboxylic acids is 1. The van der Waals surface area contributed by atoms with Crippen LogP contribution in [0.25, 0.3) is 0 Å². The summed E-state index contributed by atoms with van der Waals surface area (Å²) in [7, 11) is 2.55. The standard InChI is InChI=1S/C9H9NO5/c1-14-5-3-6(9(13)15-2)7(8(11)12)10-4-5/h3-4H,1-2H3,(H,11,12). The lowest BCUT2D eigenvalue weighted by atomic mass is 10.2. The van der Waals surface area contributed by atoms with Crippen molar-refractivity contribution in [3.8, 4) is 5.75 Å². The van der Waals surface area contributed by atoms with Crippen LogP contribution in [0.3, 0.4) is 0 Å². The molecular weight excluding hydrogens is 202 g/mol. The highest BCUT2D eigenvalue weighted by atomic mass is 16.5. The first-order valence-electron chi connectivity index (χ1n) is 3.95. The average Bonchev–Trinajstić information content (AvgIpc) is 2.26. The quantitative estimate of drug-likeness (QED) is 0.736. The lowest BCUT2D eigenvalue weighted by Gasteiger charge is -2.05. The Hall–Kier alpha value is -2.11. The topological polar surface area (TPSA) is 85.7 Å². The van der Waals surface area contributed by atoms with Gasteiger partial charge in [0.25, 0.3) is 0 Å². The highest BCUT2D eigenvalue weighted by Crippen LogP contribution is 2.15. The summed E-state index contributed by atoms with van der Waals surface area (Å²) in [6.45, 7) is 0. The fourth-order valence-corrected chi connectivity index (χ4v) is 0.993. The van der Waals surface area contributed by atoms with Gasteiger partial charge in [-0.05, 0) is 6.07 Å². The Bertz CT molecular complexity index is 401. The van der Waals surface area contributed by atoms with Gasteiger partial charge >= 0.3 is 11.9 Å². The van der Waals surface area contributed by atoms with Gasteiger partial charge < -0.3 is 14.6 Å². The lowest BCUT2D eigenvalue weighted by molar-refractivity contribution is 0.0579. The molecule has 6 heteroatoms. The molecule has 80 valence electrons. The first kappa shape index (κ1) is 11.0. The normalized spacial score (nSPS) is 9.47. The predicted molar refractivity (Wildman–Crippen MR) is 49.1 cm³/mol. The molecule has 0 aliphatic rings. The van der Waals surface area contributed by atoms with E-state index in [4.69, 9.17) is 9.84 Å². The van der Waals surface area contributed by atoms with E-state index < -0.39 is 11.9 Å². The van der Waals surface area contributed by atoms with E-state index in [0.717, 1.165) is 7.11 Å². The Morgan fingerprint density at radius 1 is 1.40 bits per heavy atom. The predicted octanol–water partition coefficient (Wildman–Crippen LogP) is 0.575. The van der Waals surface area contributed by atoms with E-state index in [2.05, 4.69) is 9.72 Å². The van der Waals surface area contributed by atoms with Crippen molar-refractivity contribution in [2.75, 3.05) is 14.2 Å². The minimum absolute atomic E-state index is 0.135. The largest absolute Gasteiger partial charge is 0.495 e. The van der Waals surface area contributed by atoms with Crippen LogP contribution in [-0.4, -0.2) is 36.2 Å². The van der Waals surface area contributed by atoms with Gasteiger partial charge in [-0.25, -0.2) is 14.6 Å². The number of aromatic carboxylic acids is 1. The van der Waals surface area contributed by atoms with Gasteiger partial charge in [0.15, 0.2) is 5.69 Å². The molecule has 6 nitrogen and oxygen atoms in total. The fraction of sp³-hybridized carbons (Fsp3) is 0.222. The molecule has 0 aromatic carbocycles. The third kappa shape index (κ3) is 2.22. The van der Waals surface area contributed by atoms with E-state index >= 15 is 0 Å². The van der Waals surface area contributed by atoms with E-state index in [0.29, 0.717) is 5.75 Å². The molecule has 15 heavy (non-hydrogen) atoms. The Morgan fingerprint density at radius 2 is 2.07 bits per heavy atom.